The minimum Gasteiger partial charge on any atom is -0.388 e. The number of hydrogen-bond acceptors (Lipinski definition) is 4. The first-order valence-corrected chi connectivity index (χ1v) is 6.04. The number of amides is 1. The standard InChI is InChI=1S/C13H16FNO4/c14-9-3-1-8(2-4-9)5-12(17)15-10-6-19-7-11(16)13(10)18/h1-4,10-11,13,16,18H,5-7H2,(H,15,17)/t10-,11-,13+/m1/s1. The molecule has 1 saturated heterocycles. The largest absolute Gasteiger partial charge is 0.388 e. The molecule has 3 atom stereocenters. The highest BCUT2D eigenvalue weighted by Gasteiger charge is 2.32. The second-order valence-corrected chi connectivity index (χ2v) is 4.57. The molecule has 1 amide bonds. The highest BCUT2D eigenvalue weighted by atomic mass is 19.1. The molecular formula is C13H16FNO4. The maximum Gasteiger partial charge on any atom is 0.224 e. The van der Waals surface area contributed by atoms with E-state index in [9.17, 15) is 19.4 Å². The first-order chi connectivity index (χ1) is 9.06. The Morgan fingerprint density at radius 3 is 2.68 bits per heavy atom. The number of nitrogens with one attached hydrogen (secondary N) is 1. The number of aliphatic hydroxyl groups excluding tert-OH is 2. The normalized spacial score (nSPS) is 27.0. The van der Waals surface area contributed by atoms with Crippen molar-refractivity contribution in [1.29, 1.82) is 0 Å². The van der Waals surface area contributed by atoms with E-state index >= 15 is 0 Å². The molecule has 1 heterocycles. The number of benzene rings is 1. The highest BCUT2D eigenvalue weighted by Crippen LogP contribution is 2.09. The Labute approximate surface area is 110 Å². The summed E-state index contributed by atoms with van der Waals surface area (Å²) in [5.41, 5.74) is 0.672. The molecule has 1 aliphatic rings. The number of carbonyl (C=O) groups is 1. The zero-order chi connectivity index (χ0) is 13.8. The fourth-order valence-corrected chi connectivity index (χ4v) is 1.95. The molecule has 1 aromatic carbocycles. The van der Waals surface area contributed by atoms with E-state index in [2.05, 4.69) is 5.32 Å². The van der Waals surface area contributed by atoms with Crippen LogP contribution in [0.15, 0.2) is 24.3 Å². The fourth-order valence-electron chi connectivity index (χ4n) is 1.95. The van der Waals surface area contributed by atoms with Gasteiger partial charge in [-0.1, -0.05) is 12.1 Å². The summed E-state index contributed by atoms with van der Waals surface area (Å²) in [6.45, 7) is 0.221. The van der Waals surface area contributed by atoms with Gasteiger partial charge in [0.25, 0.3) is 0 Å². The topological polar surface area (TPSA) is 78.8 Å². The third-order valence-electron chi connectivity index (χ3n) is 3.02. The number of rotatable bonds is 3. The van der Waals surface area contributed by atoms with Crippen LogP contribution in [-0.4, -0.2) is 47.6 Å². The third kappa shape index (κ3) is 3.73. The molecule has 0 aromatic heterocycles. The molecule has 0 saturated carbocycles. The maximum absolute atomic E-state index is 12.7. The lowest BCUT2D eigenvalue weighted by molar-refractivity contribution is -0.131. The van der Waals surface area contributed by atoms with Crippen molar-refractivity contribution in [2.45, 2.75) is 24.7 Å². The summed E-state index contributed by atoms with van der Waals surface area (Å²) in [5, 5.41) is 21.7. The molecule has 19 heavy (non-hydrogen) atoms. The van der Waals surface area contributed by atoms with Crippen molar-refractivity contribution in [2.75, 3.05) is 13.2 Å². The molecule has 6 heteroatoms. The van der Waals surface area contributed by atoms with E-state index in [-0.39, 0.29) is 31.4 Å². The highest BCUT2D eigenvalue weighted by molar-refractivity contribution is 5.78. The van der Waals surface area contributed by atoms with E-state index in [4.69, 9.17) is 4.74 Å². The monoisotopic (exact) mass is 269 g/mol. The van der Waals surface area contributed by atoms with Gasteiger partial charge in [0.2, 0.25) is 5.91 Å². The van der Waals surface area contributed by atoms with E-state index in [1.807, 2.05) is 0 Å². The zero-order valence-electron chi connectivity index (χ0n) is 10.3. The van der Waals surface area contributed by atoms with Crippen molar-refractivity contribution >= 4 is 5.91 Å². The summed E-state index contributed by atoms with van der Waals surface area (Å²) in [5.74, 6) is -0.670. The quantitative estimate of drug-likeness (QED) is 0.698. The van der Waals surface area contributed by atoms with Gasteiger partial charge in [-0.2, -0.15) is 0 Å². The molecule has 0 radical (unpaired) electrons. The van der Waals surface area contributed by atoms with E-state index in [0.717, 1.165) is 0 Å². The van der Waals surface area contributed by atoms with Crippen LogP contribution in [0, 0.1) is 5.82 Å². The first-order valence-electron chi connectivity index (χ1n) is 6.04. The van der Waals surface area contributed by atoms with Gasteiger partial charge in [0.1, 0.15) is 18.0 Å². The molecule has 0 spiro atoms. The van der Waals surface area contributed by atoms with Crippen molar-refractivity contribution in [1.82, 2.24) is 5.32 Å². The Hall–Kier alpha value is -1.50. The van der Waals surface area contributed by atoms with Crippen LogP contribution in [0.25, 0.3) is 0 Å². The molecule has 1 aromatic rings. The molecule has 1 fully saturated rings. The summed E-state index contributed by atoms with van der Waals surface area (Å²) in [6.07, 6.45) is -1.95. The van der Waals surface area contributed by atoms with E-state index in [0.29, 0.717) is 5.56 Å². The van der Waals surface area contributed by atoms with E-state index < -0.39 is 18.2 Å². The Balaban J connectivity index is 1.88. The van der Waals surface area contributed by atoms with Gasteiger partial charge in [0, 0.05) is 0 Å². The van der Waals surface area contributed by atoms with Gasteiger partial charge in [-0.25, -0.2) is 4.39 Å². The van der Waals surface area contributed by atoms with Crippen molar-refractivity contribution in [3.63, 3.8) is 0 Å². The second-order valence-electron chi connectivity index (χ2n) is 4.57. The van der Waals surface area contributed by atoms with Crippen molar-refractivity contribution in [3.8, 4) is 0 Å². The van der Waals surface area contributed by atoms with Crippen molar-refractivity contribution in [3.05, 3.63) is 35.6 Å². The SMILES string of the molecule is O=C(Cc1ccc(F)cc1)N[C@@H]1COC[C@@H](O)[C@H]1O. The lowest BCUT2D eigenvalue weighted by Gasteiger charge is -2.32. The van der Waals surface area contributed by atoms with Crippen molar-refractivity contribution in [2.24, 2.45) is 0 Å². The van der Waals surface area contributed by atoms with E-state index in [1.54, 1.807) is 0 Å². The molecule has 104 valence electrons. The average molecular weight is 269 g/mol. The van der Waals surface area contributed by atoms with Gasteiger partial charge >= 0.3 is 0 Å². The minimum absolute atomic E-state index is 0.0610. The van der Waals surface area contributed by atoms with Crippen LogP contribution in [0.2, 0.25) is 0 Å². The number of ether oxygens (including phenoxy) is 1. The number of carbonyl (C=O) groups excluding carboxylic acids is 1. The molecule has 5 nitrogen and oxygen atoms in total. The maximum atomic E-state index is 12.7. The first kappa shape index (κ1) is 13.9. The van der Waals surface area contributed by atoms with Crippen LogP contribution in [0.1, 0.15) is 5.56 Å². The Kier molecular flexibility index (Phi) is 4.47. The van der Waals surface area contributed by atoms with Crippen LogP contribution in [0.3, 0.4) is 0 Å². The van der Waals surface area contributed by atoms with Crippen molar-refractivity contribution < 1.29 is 24.1 Å². The molecule has 0 bridgehead atoms. The summed E-state index contributed by atoms with van der Waals surface area (Å²) >= 11 is 0. The molecule has 2 rings (SSSR count). The van der Waals surface area contributed by atoms with Gasteiger partial charge in [0.05, 0.1) is 25.7 Å². The summed E-state index contributed by atoms with van der Waals surface area (Å²) in [4.78, 5) is 11.8. The van der Waals surface area contributed by atoms with Crippen LogP contribution in [0.4, 0.5) is 4.39 Å². The summed E-state index contributed by atoms with van der Waals surface area (Å²) in [7, 11) is 0. The number of aliphatic hydroxyl groups is 2. The molecule has 1 aliphatic heterocycles. The second kappa shape index (κ2) is 6.10. The summed E-state index contributed by atoms with van der Waals surface area (Å²) < 4.78 is 17.8. The molecular weight excluding hydrogens is 253 g/mol. The van der Waals surface area contributed by atoms with Crippen LogP contribution < -0.4 is 5.32 Å². The Bertz CT molecular complexity index is 437. The van der Waals surface area contributed by atoms with Gasteiger partial charge in [-0.3, -0.25) is 4.79 Å². The number of halogens is 1. The smallest absolute Gasteiger partial charge is 0.224 e. The van der Waals surface area contributed by atoms with Crippen LogP contribution in [0.5, 0.6) is 0 Å². The van der Waals surface area contributed by atoms with E-state index in [1.165, 1.54) is 24.3 Å². The van der Waals surface area contributed by atoms with Gasteiger partial charge in [0.15, 0.2) is 0 Å². The number of hydrogen-bond donors (Lipinski definition) is 3. The molecule has 3 N–H and O–H groups in total. The fraction of sp³-hybridized carbons (Fsp3) is 0.462. The third-order valence-corrected chi connectivity index (χ3v) is 3.02. The lowest BCUT2D eigenvalue weighted by Crippen LogP contribution is -2.56. The average Bonchev–Trinajstić information content (AvgIpc) is 2.38. The molecule has 0 aliphatic carbocycles. The predicted molar refractivity (Wildman–Crippen MR) is 64.9 cm³/mol. The lowest BCUT2D eigenvalue weighted by atomic mass is 10.0. The minimum atomic E-state index is -1.04. The Morgan fingerprint density at radius 2 is 2.00 bits per heavy atom. The predicted octanol–water partition coefficient (Wildman–Crippen LogP) is -0.395. The van der Waals surface area contributed by atoms with Crippen LogP contribution in [-0.2, 0) is 16.0 Å². The van der Waals surface area contributed by atoms with Gasteiger partial charge in [-0.05, 0) is 17.7 Å². The van der Waals surface area contributed by atoms with Gasteiger partial charge in [-0.15, -0.1) is 0 Å². The summed E-state index contributed by atoms with van der Waals surface area (Å²) in [6, 6.07) is 4.99. The Morgan fingerprint density at radius 1 is 1.32 bits per heavy atom. The van der Waals surface area contributed by atoms with Crippen LogP contribution >= 0.6 is 0 Å². The molecule has 0 unspecified atom stereocenters. The van der Waals surface area contributed by atoms with Gasteiger partial charge < -0.3 is 20.3 Å². The zero-order valence-corrected chi connectivity index (χ0v) is 10.3.